The standard InChI is InChI=1S/C13H12Cl2IN3/c1-2-5-17-13-11(16)7-18-12(19-13)9-4-3-8(14)6-10(9)15/h3-4,6-7H,2,5H2,1H3,(H,17,18,19). The maximum Gasteiger partial charge on any atom is 0.163 e. The first-order valence-electron chi connectivity index (χ1n) is 5.83. The molecule has 0 unspecified atom stereocenters. The van der Waals surface area contributed by atoms with E-state index in [4.69, 9.17) is 23.2 Å². The van der Waals surface area contributed by atoms with Crippen LogP contribution in [0.25, 0.3) is 11.4 Å². The van der Waals surface area contributed by atoms with Crippen molar-refractivity contribution in [3.63, 3.8) is 0 Å². The van der Waals surface area contributed by atoms with Crippen LogP contribution in [0.5, 0.6) is 0 Å². The highest BCUT2D eigenvalue weighted by atomic mass is 127. The van der Waals surface area contributed by atoms with E-state index in [1.807, 2.05) is 6.07 Å². The molecule has 1 aromatic heterocycles. The van der Waals surface area contributed by atoms with Crippen molar-refractivity contribution in [2.45, 2.75) is 13.3 Å². The minimum atomic E-state index is 0.551. The number of aromatic nitrogens is 2. The molecule has 0 radical (unpaired) electrons. The Hall–Kier alpha value is -0.590. The SMILES string of the molecule is CCCNc1nc(-c2ccc(Cl)cc2Cl)ncc1I. The first kappa shape index (κ1) is 14.8. The lowest BCUT2D eigenvalue weighted by Gasteiger charge is -2.09. The Morgan fingerprint density at radius 3 is 2.79 bits per heavy atom. The molecule has 2 aromatic rings. The second-order valence-electron chi connectivity index (χ2n) is 3.94. The van der Waals surface area contributed by atoms with E-state index in [9.17, 15) is 0 Å². The van der Waals surface area contributed by atoms with E-state index in [0.29, 0.717) is 15.9 Å². The van der Waals surface area contributed by atoms with E-state index in [0.717, 1.165) is 27.9 Å². The van der Waals surface area contributed by atoms with Gasteiger partial charge in [-0.3, -0.25) is 0 Å². The van der Waals surface area contributed by atoms with Crippen LogP contribution in [0.15, 0.2) is 24.4 Å². The summed E-state index contributed by atoms with van der Waals surface area (Å²) in [5.74, 6) is 1.43. The molecule has 0 spiro atoms. The van der Waals surface area contributed by atoms with Crippen molar-refractivity contribution in [2.24, 2.45) is 0 Å². The van der Waals surface area contributed by atoms with Gasteiger partial charge in [-0.15, -0.1) is 0 Å². The number of nitrogens with zero attached hydrogens (tertiary/aromatic N) is 2. The molecule has 1 aromatic carbocycles. The lowest BCUT2D eigenvalue weighted by molar-refractivity contribution is 0.963. The van der Waals surface area contributed by atoms with Gasteiger partial charge in [0.2, 0.25) is 0 Å². The van der Waals surface area contributed by atoms with Gasteiger partial charge in [0, 0.05) is 23.3 Å². The van der Waals surface area contributed by atoms with E-state index in [1.54, 1.807) is 18.3 Å². The van der Waals surface area contributed by atoms with Crippen LogP contribution in [-0.4, -0.2) is 16.5 Å². The van der Waals surface area contributed by atoms with Crippen molar-refractivity contribution in [1.82, 2.24) is 9.97 Å². The summed E-state index contributed by atoms with van der Waals surface area (Å²) in [5, 5.41) is 4.43. The Morgan fingerprint density at radius 2 is 2.11 bits per heavy atom. The smallest absolute Gasteiger partial charge is 0.163 e. The zero-order valence-electron chi connectivity index (χ0n) is 10.3. The summed E-state index contributed by atoms with van der Waals surface area (Å²) in [4.78, 5) is 8.83. The van der Waals surface area contributed by atoms with Gasteiger partial charge >= 0.3 is 0 Å². The first-order chi connectivity index (χ1) is 9.11. The van der Waals surface area contributed by atoms with Crippen LogP contribution in [0.2, 0.25) is 10.0 Å². The van der Waals surface area contributed by atoms with E-state index in [-0.39, 0.29) is 0 Å². The highest BCUT2D eigenvalue weighted by Crippen LogP contribution is 2.29. The molecule has 0 bridgehead atoms. The molecular weight excluding hydrogens is 396 g/mol. The molecule has 0 aliphatic rings. The van der Waals surface area contributed by atoms with Crippen LogP contribution >= 0.6 is 45.8 Å². The van der Waals surface area contributed by atoms with Crippen LogP contribution < -0.4 is 5.32 Å². The molecule has 0 saturated carbocycles. The lowest BCUT2D eigenvalue weighted by atomic mass is 10.2. The second kappa shape index (κ2) is 6.72. The summed E-state index contributed by atoms with van der Waals surface area (Å²) >= 11 is 14.3. The molecule has 1 heterocycles. The molecule has 0 amide bonds. The third kappa shape index (κ3) is 3.70. The predicted molar refractivity (Wildman–Crippen MR) is 89.0 cm³/mol. The van der Waals surface area contributed by atoms with Crippen molar-refractivity contribution < 1.29 is 0 Å². The van der Waals surface area contributed by atoms with Crippen LogP contribution in [0.4, 0.5) is 5.82 Å². The van der Waals surface area contributed by atoms with Crippen molar-refractivity contribution in [3.05, 3.63) is 38.0 Å². The van der Waals surface area contributed by atoms with Gasteiger partial charge in [-0.05, 0) is 47.2 Å². The van der Waals surface area contributed by atoms with Gasteiger partial charge in [0.1, 0.15) is 5.82 Å². The Bertz CT molecular complexity index is 590. The van der Waals surface area contributed by atoms with Crippen LogP contribution in [0, 0.1) is 3.57 Å². The van der Waals surface area contributed by atoms with Gasteiger partial charge in [-0.25, -0.2) is 9.97 Å². The fourth-order valence-electron chi connectivity index (χ4n) is 1.54. The summed E-state index contributed by atoms with van der Waals surface area (Å²) < 4.78 is 0.986. The zero-order valence-corrected chi connectivity index (χ0v) is 13.9. The second-order valence-corrected chi connectivity index (χ2v) is 5.95. The number of anilines is 1. The van der Waals surface area contributed by atoms with Crippen LogP contribution in [-0.2, 0) is 0 Å². The van der Waals surface area contributed by atoms with Gasteiger partial charge < -0.3 is 5.32 Å². The maximum atomic E-state index is 6.17. The maximum absolute atomic E-state index is 6.17. The zero-order chi connectivity index (χ0) is 13.8. The first-order valence-corrected chi connectivity index (χ1v) is 7.67. The molecule has 3 nitrogen and oxygen atoms in total. The Morgan fingerprint density at radius 1 is 1.32 bits per heavy atom. The average Bonchev–Trinajstić information content (AvgIpc) is 2.38. The average molecular weight is 408 g/mol. The van der Waals surface area contributed by atoms with Gasteiger partial charge in [0.25, 0.3) is 0 Å². The monoisotopic (exact) mass is 407 g/mol. The van der Waals surface area contributed by atoms with Crippen LogP contribution in [0.1, 0.15) is 13.3 Å². The number of benzene rings is 1. The topological polar surface area (TPSA) is 37.8 Å². The molecule has 0 saturated heterocycles. The number of hydrogen-bond donors (Lipinski definition) is 1. The molecule has 6 heteroatoms. The highest BCUT2D eigenvalue weighted by molar-refractivity contribution is 14.1. The summed E-state index contributed by atoms with van der Waals surface area (Å²) in [6.45, 7) is 2.98. The predicted octanol–water partition coefficient (Wildman–Crippen LogP) is 4.88. The third-order valence-electron chi connectivity index (χ3n) is 2.46. The molecule has 0 aliphatic carbocycles. The lowest BCUT2D eigenvalue weighted by Crippen LogP contribution is -2.05. The molecule has 0 atom stereocenters. The van der Waals surface area contributed by atoms with Crippen LogP contribution in [0.3, 0.4) is 0 Å². The summed E-state index contributed by atoms with van der Waals surface area (Å²) in [5.41, 5.74) is 0.780. The molecule has 19 heavy (non-hydrogen) atoms. The normalized spacial score (nSPS) is 10.5. The van der Waals surface area contributed by atoms with E-state index in [2.05, 4.69) is 44.8 Å². The van der Waals surface area contributed by atoms with E-state index in [1.165, 1.54) is 0 Å². The van der Waals surface area contributed by atoms with E-state index < -0.39 is 0 Å². The Labute approximate surface area is 135 Å². The number of rotatable bonds is 4. The summed E-state index contributed by atoms with van der Waals surface area (Å²) in [7, 11) is 0. The Balaban J connectivity index is 2.39. The minimum absolute atomic E-state index is 0.551. The molecule has 2 rings (SSSR count). The fraction of sp³-hybridized carbons (Fsp3) is 0.231. The summed E-state index contributed by atoms with van der Waals surface area (Å²) in [6, 6.07) is 5.30. The minimum Gasteiger partial charge on any atom is -0.369 e. The number of hydrogen-bond acceptors (Lipinski definition) is 3. The van der Waals surface area contributed by atoms with Gasteiger partial charge in [-0.1, -0.05) is 30.1 Å². The molecule has 0 aliphatic heterocycles. The molecular formula is C13H12Cl2IN3. The number of halogens is 3. The molecule has 0 fully saturated rings. The quantitative estimate of drug-likeness (QED) is 0.734. The number of nitrogens with one attached hydrogen (secondary N) is 1. The Kier molecular flexibility index (Phi) is 5.24. The van der Waals surface area contributed by atoms with Crippen molar-refractivity contribution in [1.29, 1.82) is 0 Å². The van der Waals surface area contributed by atoms with Gasteiger partial charge in [0.05, 0.1) is 8.59 Å². The highest BCUT2D eigenvalue weighted by Gasteiger charge is 2.10. The fourth-order valence-corrected chi connectivity index (χ4v) is 2.48. The third-order valence-corrected chi connectivity index (χ3v) is 3.80. The van der Waals surface area contributed by atoms with Crippen molar-refractivity contribution in [3.8, 4) is 11.4 Å². The van der Waals surface area contributed by atoms with Crippen molar-refractivity contribution in [2.75, 3.05) is 11.9 Å². The van der Waals surface area contributed by atoms with Gasteiger partial charge in [0.15, 0.2) is 5.82 Å². The van der Waals surface area contributed by atoms with Crippen molar-refractivity contribution >= 4 is 51.6 Å². The summed E-state index contributed by atoms with van der Waals surface area (Å²) in [6.07, 6.45) is 2.82. The van der Waals surface area contributed by atoms with E-state index >= 15 is 0 Å². The van der Waals surface area contributed by atoms with Gasteiger partial charge in [-0.2, -0.15) is 0 Å². The largest absolute Gasteiger partial charge is 0.369 e. The molecule has 100 valence electrons. The molecule has 1 N–H and O–H groups in total.